The lowest BCUT2D eigenvalue weighted by Crippen LogP contribution is -2.37. The summed E-state index contributed by atoms with van der Waals surface area (Å²) in [5.41, 5.74) is 1.84. The van der Waals surface area contributed by atoms with E-state index in [1.165, 1.54) is 23.0 Å². The minimum Gasteiger partial charge on any atom is -0.448 e. The third kappa shape index (κ3) is 3.04. The van der Waals surface area contributed by atoms with E-state index in [9.17, 15) is 14.7 Å². The number of fused-ring (bicyclic) bond motifs is 3. The van der Waals surface area contributed by atoms with Crippen molar-refractivity contribution in [1.29, 1.82) is 0 Å². The third-order valence-corrected chi connectivity index (χ3v) is 7.83. The first-order valence-corrected chi connectivity index (χ1v) is 11.9. The molecule has 0 saturated carbocycles. The van der Waals surface area contributed by atoms with Gasteiger partial charge in [0.25, 0.3) is 5.56 Å². The lowest BCUT2D eigenvalue weighted by Gasteiger charge is -2.24. The maximum absolute atomic E-state index is 13.3. The van der Waals surface area contributed by atoms with Crippen LogP contribution < -0.4 is 11.2 Å². The van der Waals surface area contributed by atoms with Gasteiger partial charge in [0.15, 0.2) is 5.22 Å². The van der Waals surface area contributed by atoms with Gasteiger partial charge >= 0.3 is 5.69 Å². The van der Waals surface area contributed by atoms with E-state index < -0.39 is 11.8 Å². The summed E-state index contributed by atoms with van der Waals surface area (Å²) in [6.07, 6.45) is -0.715. The van der Waals surface area contributed by atoms with Crippen molar-refractivity contribution in [2.24, 2.45) is 14.1 Å². The standard InChI is InChI=1S/C20H19ClN4O4S2/c1-9(26)10-8-31-18(22-10)15-13-14(23(2)20(28)24(3)19(13)27)16-17(30-7-6-25(15)16)11-4-5-12(21)29-11/h4-5,8-9,17,26H,6-7H2,1-3H3/t9-,17+/m0/s1. The minimum atomic E-state index is -0.715. The number of aliphatic hydroxyl groups excluding tert-OH is 1. The largest absolute Gasteiger partial charge is 0.448 e. The van der Waals surface area contributed by atoms with Crippen LogP contribution in [-0.4, -0.2) is 29.5 Å². The average molecular weight is 479 g/mol. The molecule has 4 aromatic rings. The highest BCUT2D eigenvalue weighted by molar-refractivity contribution is 7.99. The molecule has 1 N–H and O–H groups in total. The summed E-state index contributed by atoms with van der Waals surface area (Å²) in [6, 6.07) is 3.51. The van der Waals surface area contributed by atoms with Crippen LogP contribution in [0, 0.1) is 0 Å². The van der Waals surface area contributed by atoms with Crippen LogP contribution in [0.5, 0.6) is 0 Å². The summed E-state index contributed by atoms with van der Waals surface area (Å²) < 4.78 is 10.4. The summed E-state index contributed by atoms with van der Waals surface area (Å²) in [4.78, 5) is 30.7. The highest BCUT2D eigenvalue weighted by Crippen LogP contribution is 2.47. The molecule has 0 spiro atoms. The predicted octanol–water partition coefficient (Wildman–Crippen LogP) is 3.30. The van der Waals surface area contributed by atoms with E-state index in [0.717, 1.165) is 16.0 Å². The SMILES string of the molecule is C[C@H](O)c1csc(-c2c3c(=O)n(C)c(=O)n(C)c3c3n2CCS[C@@H]3c2ccc(Cl)o2)n1. The summed E-state index contributed by atoms with van der Waals surface area (Å²) in [5.74, 6) is 1.45. The first-order valence-electron chi connectivity index (χ1n) is 9.62. The van der Waals surface area contributed by atoms with Crippen LogP contribution in [0.2, 0.25) is 5.22 Å². The van der Waals surface area contributed by atoms with E-state index in [-0.39, 0.29) is 16.0 Å². The van der Waals surface area contributed by atoms with Crippen LogP contribution >= 0.6 is 34.7 Å². The van der Waals surface area contributed by atoms with Crippen molar-refractivity contribution in [3.05, 3.63) is 60.7 Å². The Bertz CT molecular complexity index is 1440. The molecule has 1 aliphatic heterocycles. The van der Waals surface area contributed by atoms with Crippen LogP contribution in [-0.2, 0) is 20.6 Å². The fraction of sp³-hybridized carbons (Fsp3) is 0.350. The number of aliphatic hydroxyl groups is 1. The van der Waals surface area contributed by atoms with Gasteiger partial charge in [0.1, 0.15) is 16.0 Å². The number of hydrogen-bond donors (Lipinski definition) is 1. The van der Waals surface area contributed by atoms with Gasteiger partial charge in [-0.2, -0.15) is 0 Å². The number of hydrogen-bond acceptors (Lipinski definition) is 7. The second-order valence-corrected chi connectivity index (χ2v) is 9.90. The molecule has 5 heterocycles. The molecule has 1 aliphatic rings. The Morgan fingerprint density at radius 1 is 1.29 bits per heavy atom. The molecule has 0 bridgehead atoms. The molecule has 0 unspecified atom stereocenters. The van der Waals surface area contributed by atoms with Gasteiger partial charge in [-0.3, -0.25) is 13.9 Å². The van der Waals surface area contributed by atoms with E-state index in [1.807, 2.05) is 6.07 Å². The normalized spacial score (nSPS) is 17.3. The maximum atomic E-state index is 13.3. The number of aryl methyl sites for hydroxylation is 1. The van der Waals surface area contributed by atoms with Crippen molar-refractivity contribution in [3.63, 3.8) is 0 Å². The van der Waals surface area contributed by atoms with Crippen LogP contribution in [0.15, 0.2) is 31.5 Å². The zero-order valence-electron chi connectivity index (χ0n) is 17.0. The summed E-state index contributed by atoms with van der Waals surface area (Å²) >= 11 is 9.08. The Morgan fingerprint density at radius 2 is 2.06 bits per heavy atom. The van der Waals surface area contributed by atoms with E-state index in [2.05, 4.69) is 9.55 Å². The molecule has 5 rings (SSSR count). The molecular weight excluding hydrogens is 460 g/mol. The summed E-state index contributed by atoms with van der Waals surface area (Å²) in [7, 11) is 3.15. The van der Waals surface area contributed by atoms with Gasteiger partial charge in [-0.25, -0.2) is 9.78 Å². The van der Waals surface area contributed by atoms with E-state index >= 15 is 0 Å². The van der Waals surface area contributed by atoms with Crippen LogP contribution in [0.25, 0.3) is 21.6 Å². The second kappa shape index (κ2) is 7.40. The average Bonchev–Trinajstić information content (AvgIpc) is 3.46. The number of nitrogens with zero attached hydrogens (tertiary/aromatic N) is 4. The Hall–Kier alpha value is -2.27. The van der Waals surface area contributed by atoms with Crippen molar-refractivity contribution in [1.82, 2.24) is 18.7 Å². The van der Waals surface area contributed by atoms with Gasteiger partial charge in [-0.15, -0.1) is 23.1 Å². The molecule has 0 fully saturated rings. The highest BCUT2D eigenvalue weighted by atomic mass is 35.5. The number of thiazole rings is 1. The van der Waals surface area contributed by atoms with Gasteiger partial charge in [-0.05, 0) is 30.7 Å². The first kappa shape index (κ1) is 20.6. The summed E-state index contributed by atoms with van der Waals surface area (Å²) in [5, 5.41) is 12.9. The third-order valence-electron chi connectivity index (χ3n) is 5.56. The molecule has 0 amide bonds. The number of rotatable bonds is 3. The lowest BCUT2D eigenvalue weighted by atomic mass is 10.2. The number of aromatic nitrogens is 4. The topological polar surface area (TPSA) is 95.2 Å². The lowest BCUT2D eigenvalue weighted by molar-refractivity contribution is 0.195. The number of halogens is 1. The highest BCUT2D eigenvalue weighted by Gasteiger charge is 2.35. The fourth-order valence-corrected chi connectivity index (χ4v) is 6.40. The Kier molecular flexibility index (Phi) is 4.93. The Balaban J connectivity index is 1.92. The van der Waals surface area contributed by atoms with Crippen LogP contribution in [0.3, 0.4) is 0 Å². The van der Waals surface area contributed by atoms with Crippen LogP contribution in [0.1, 0.15) is 35.4 Å². The molecule has 162 valence electrons. The molecule has 0 aliphatic carbocycles. The quantitative estimate of drug-likeness (QED) is 0.485. The van der Waals surface area contributed by atoms with Gasteiger partial charge in [0.2, 0.25) is 0 Å². The number of furan rings is 1. The van der Waals surface area contributed by atoms with E-state index in [4.69, 9.17) is 16.0 Å². The maximum Gasteiger partial charge on any atom is 0.331 e. The monoisotopic (exact) mass is 478 g/mol. The molecule has 0 radical (unpaired) electrons. The molecule has 2 atom stereocenters. The second-order valence-electron chi connectivity index (χ2n) is 7.46. The molecule has 0 aromatic carbocycles. The zero-order valence-corrected chi connectivity index (χ0v) is 19.3. The summed E-state index contributed by atoms with van der Waals surface area (Å²) in [6.45, 7) is 2.30. The smallest absolute Gasteiger partial charge is 0.331 e. The predicted molar refractivity (Wildman–Crippen MR) is 122 cm³/mol. The number of thioether (sulfide) groups is 1. The zero-order chi connectivity index (χ0) is 22.0. The van der Waals surface area contributed by atoms with Gasteiger partial charge in [0, 0.05) is 31.8 Å². The molecule has 4 aromatic heterocycles. The molecule has 11 heteroatoms. The Labute approximate surface area is 189 Å². The van der Waals surface area contributed by atoms with Gasteiger partial charge in [0.05, 0.1) is 34.1 Å². The van der Waals surface area contributed by atoms with Crippen molar-refractivity contribution in [2.45, 2.75) is 24.8 Å². The first-order chi connectivity index (χ1) is 14.8. The van der Waals surface area contributed by atoms with E-state index in [0.29, 0.717) is 39.6 Å². The molecule has 0 saturated heterocycles. The molecular formula is C20H19ClN4O4S2. The molecule has 8 nitrogen and oxygen atoms in total. The van der Waals surface area contributed by atoms with Crippen LogP contribution in [0.4, 0.5) is 0 Å². The van der Waals surface area contributed by atoms with Crippen molar-refractivity contribution in [3.8, 4) is 10.7 Å². The Morgan fingerprint density at radius 3 is 2.71 bits per heavy atom. The minimum absolute atomic E-state index is 0.230. The van der Waals surface area contributed by atoms with Crippen molar-refractivity contribution in [2.75, 3.05) is 5.75 Å². The van der Waals surface area contributed by atoms with Gasteiger partial charge < -0.3 is 14.1 Å². The van der Waals surface area contributed by atoms with Gasteiger partial charge in [-0.1, -0.05) is 0 Å². The van der Waals surface area contributed by atoms with Crippen molar-refractivity contribution < 1.29 is 9.52 Å². The van der Waals surface area contributed by atoms with E-state index in [1.54, 1.807) is 37.2 Å². The van der Waals surface area contributed by atoms with Crippen molar-refractivity contribution >= 4 is 45.6 Å². The fourth-order valence-electron chi connectivity index (χ4n) is 4.07. The molecule has 31 heavy (non-hydrogen) atoms.